The summed E-state index contributed by atoms with van der Waals surface area (Å²) in [5.41, 5.74) is 0.189. The van der Waals surface area contributed by atoms with Crippen LogP contribution in [0.2, 0.25) is 0 Å². The number of carbonyl (C=O) groups is 1. The number of hydrogen-bond acceptors (Lipinski definition) is 4. The van der Waals surface area contributed by atoms with E-state index in [1.807, 2.05) is 16.9 Å². The van der Waals surface area contributed by atoms with Crippen molar-refractivity contribution < 1.29 is 13.6 Å². The Balaban J connectivity index is 1.59. The van der Waals surface area contributed by atoms with Gasteiger partial charge in [-0.05, 0) is 25.0 Å². The topological polar surface area (TPSA) is 72.7 Å². The Bertz CT molecular complexity index is 682. The molecule has 0 radical (unpaired) electrons. The maximum absolute atomic E-state index is 12.6. The molecule has 8 heteroatoms. The standard InChI is InChI=1S/C15H17F2N5O/c16-14(17)12-7-13(20-9-19-12)15(23)18-8-10-5-6-22(21-10)11-3-1-2-4-11/h5-7,9,11,14H,1-4,8H2,(H,18,23). The fourth-order valence-corrected chi connectivity index (χ4v) is 2.72. The number of alkyl halides is 2. The van der Waals surface area contributed by atoms with Gasteiger partial charge in [-0.25, -0.2) is 18.7 Å². The first-order valence-corrected chi connectivity index (χ1v) is 7.56. The zero-order valence-electron chi connectivity index (χ0n) is 12.5. The van der Waals surface area contributed by atoms with Gasteiger partial charge in [-0.2, -0.15) is 5.10 Å². The highest BCUT2D eigenvalue weighted by Crippen LogP contribution is 2.28. The Morgan fingerprint density at radius 2 is 2.13 bits per heavy atom. The molecule has 1 saturated carbocycles. The van der Waals surface area contributed by atoms with Crippen LogP contribution in [0.4, 0.5) is 8.78 Å². The second-order valence-corrected chi connectivity index (χ2v) is 5.54. The van der Waals surface area contributed by atoms with Crippen LogP contribution >= 0.6 is 0 Å². The molecule has 2 aromatic rings. The molecule has 1 fully saturated rings. The van der Waals surface area contributed by atoms with Crippen LogP contribution in [0.15, 0.2) is 24.7 Å². The number of rotatable bonds is 5. The molecule has 0 spiro atoms. The average molecular weight is 321 g/mol. The summed E-state index contributed by atoms with van der Waals surface area (Å²) in [7, 11) is 0. The van der Waals surface area contributed by atoms with E-state index >= 15 is 0 Å². The lowest BCUT2D eigenvalue weighted by Crippen LogP contribution is -2.24. The summed E-state index contributed by atoms with van der Waals surface area (Å²) in [5, 5.41) is 7.09. The quantitative estimate of drug-likeness (QED) is 0.919. The number of aromatic nitrogens is 4. The number of amides is 1. The molecule has 2 heterocycles. The molecule has 1 amide bonds. The number of carbonyl (C=O) groups excluding carboxylic acids is 1. The van der Waals surface area contributed by atoms with Crippen molar-refractivity contribution in [1.82, 2.24) is 25.1 Å². The van der Waals surface area contributed by atoms with Crippen LogP contribution in [-0.4, -0.2) is 25.7 Å². The van der Waals surface area contributed by atoms with Crippen LogP contribution in [0, 0.1) is 0 Å². The molecule has 1 N–H and O–H groups in total. The molecular formula is C15H17F2N5O. The minimum absolute atomic E-state index is 0.0782. The lowest BCUT2D eigenvalue weighted by molar-refractivity contribution is 0.0944. The highest BCUT2D eigenvalue weighted by Gasteiger charge is 2.18. The van der Waals surface area contributed by atoms with Gasteiger partial charge in [0.2, 0.25) is 0 Å². The first-order valence-electron chi connectivity index (χ1n) is 7.56. The zero-order chi connectivity index (χ0) is 16.2. The van der Waals surface area contributed by atoms with Crippen molar-refractivity contribution >= 4 is 5.91 Å². The van der Waals surface area contributed by atoms with E-state index in [2.05, 4.69) is 20.4 Å². The number of nitrogens with zero attached hydrogens (tertiary/aromatic N) is 4. The first kappa shape index (κ1) is 15.5. The van der Waals surface area contributed by atoms with Crippen LogP contribution in [0.3, 0.4) is 0 Å². The monoisotopic (exact) mass is 321 g/mol. The molecule has 1 aliphatic rings. The van der Waals surface area contributed by atoms with Gasteiger partial charge in [0.1, 0.15) is 17.7 Å². The molecule has 6 nitrogen and oxygen atoms in total. The molecule has 0 bridgehead atoms. The van der Waals surface area contributed by atoms with E-state index in [1.165, 1.54) is 12.8 Å². The molecule has 0 saturated heterocycles. The molecule has 23 heavy (non-hydrogen) atoms. The normalized spacial score (nSPS) is 15.3. The summed E-state index contributed by atoms with van der Waals surface area (Å²) in [6.45, 7) is 0.229. The minimum Gasteiger partial charge on any atom is -0.345 e. The molecule has 2 aromatic heterocycles. The number of halogens is 2. The smallest absolute Gasteiger partial charge is 0.280 e. The third kappa shape index (κ3) is 3.69. The lowest BCUT2D eigenvalue weighted by atomic mass is 10.3. The molecule has 3 rings (SSSR count). The van der Waals surface area contributed by atoms with E-state index in [4.69, 9.17) is 0 Å². The average Bonchev–Trinajstić information content (AvgIpc) is 3.23. The fourth-order valence-electron chi connectivity index (χ4n) is 2.72. The van der Waals surface area contributed by atoms with E-state index in [0.717, 1.165) is 30.9 Å². The van der Waals surface area contributed by atoms with Gasteiger partial charge >= 0.3 is 0 Å². The maximum atomic E-state index is 12.6. The first-order chi connectivity index (χ1) is 11.1. The third-order valence-corrected chi connectivity index (χ3v) is 3.94. The summed E-state index contributed by atoms with van der Waals surface area (Å²) in [5.74, 6) is -0.523. The lowest BCUT2D eigenvalue weighted by Gasteiger charge is -2.09. The number of nitrogens with one attached hydrogen (secondary N) is 1. The Hall–Kier alpha value is -2.38. The zero-order valence-corrected chi connectivity index (χ0v) is 12.5. The van der Waals surface area contributed by atoms with Crippen LogP contribution < -0.4 is 5.32 Å². The summed E-state index contributed by atoms with van der Waals surface area (Å²) < 4.78 is 27.1. The van der Waals surface area contributed by atoms with E-state index in [-0.39, 0.29) is 12.2 Å². The Kier molecular flexibility index (Phi) is 4.59. The van der Waals surface area contributed by atoms with Crippen molar-refractivity contribution in [1.29, 1.82) is 0 Å². The van der Waals surface area contributed by atoms with Gasteiger partial charge in [-0.15, -0.1) is 0 Å². The third-order valence-electron chi connectivity index (χ3n) is 3.94. The van der Waals surface area contributed by atoms with Crippen LogP contribution in [0.1, 0.15) is 60.0 Å². The van der Waals surface area contributed by atoms with E-state index < -0.39 is 18.0 Å². The molecular weight excluding hydrogens is 304 g/mol. The van der Waals surface area contributed by atoms with Gasteiger partial charge in [0, 0.05) is 6.20 Å². The Labute approximate surface area is 131 Å². The van der Waals surface area contributed by atoms with Crippen molar-refractivity contribution in [2.24, 2.45) is 0 Å². The molecule has 0 unspecified atom stereocenters. The minimum atomic E-state index is -2.73. The summed E-state index contributed by atoms with van der Waals surface area (Å²) in [6.07, 6.45) is 4.84. The van der Waals surface area contributed by atoms with Gasteiger partial charge in [0.05, 0.1) is 18.3 Å². The second-order valence-electron chi connectivity index (χ2n) is 5.54. The largest absolute Gasteiger partial charge is 0.345 e. The van der Waals surface area contributed by atoms with E-state index in [0.29, 0.717) is 6.04 Å². The number of hydrogen-bond donors (Lipinski definition) is 1. The molecule has 0 aliphatic heterocycles. The van der Waals surface area contributed by atoms with Crippen LogP contribution in [0.5, 0.6) is 0 Å². The molecule has 0 atom stereocenters. The van der Waals surface area contributed by atoms with Crippen LogP contribution in [-0.2, 0) is 6.54 Å². The molecule has 1 aliphatic carbocycles. The predicted molar refractivity (Wildman–Crippen MR) is 77.9 cm³/mol. The summed E-state index contributed by atoms with van der Waals surface area (Å²) >= 11 is 0. The maximum Gasteiger partial charge on any atom is 0.280 e. The van der Waals surface area contributed by atoms with Crippen molar-refractivity contribution in [2.45, 2.75) is 44.7 Å². The highest BCUT2D eigenvalue weighted by molar-refractivity contribution is 5.92. The predicted octanol–water partition coefficient (Wildman–Crippen LogP) is 2.66. The van der Waals surface area contributed by atoms with Crippen molar-refractivity contribution in [3.63, 3.8) is 0 Å². The molecule has 122 valence electrons. The summed E-state index contributed by atoms with van der Waals surface area (Å²) in [6, 6.07) is 3.29. The van der Waals surface area contributed by atoms with Crippen molar-refractivity contribution in [3.8, 4) is 0 Å². The second kappa shape index (κ2) is 6.80. The summed E-state index contributed by atoms with van der Waals surface area (Å²) in [4.78, 5) is 19.1. The van der Waals surface area contributed by atoms with Gasteiger partial charge in [0.25, 0.3) is 12.3 Å². The van der Waals surface area contributed by atoms with E-state index in [9.17, 15) is 13.6 Å². The Morgan fingerprint density at radius 1 is 1.35 bits per heavy atom. The van der Waals surface area contributed by atoms with Gasteiger partial charge in [-0.1, -0.05) is 12.8 Å². The van der Waals surface area contributed by atoms with Crippen LogP contribution in [0.25, 0.3) is 0 Å². The highest BCUT2D eigenvalue weighted by atomic mass is 19.3. The Morgan fingerprint density at radius 3 is 2.87 bits per heavy atom. The van der Waals surface area contributed by atoms with Crippen molar-refractivity contribution in [2.75, 3.05) is 0 Å². The van der Waals surface area contributed by atoms with Crippen molar-refractivity contribution in [3.05, 3.63) is 41.7 Å². The van der Waals surface area contributed by atoms with Gasteiger partial charge < -0.3 is 5.32 Å². The molecule has 0 aromatic carbocycles. The van der Waals surface area contributed by atoms with Gasteiger partial charge in [-0.3, -0.25) is 9.48 Å². The SMILES string of the molecule is O=C(NCc1ccn(C2CCCC2)n1)c1cc(C(F)F)ncn1. The fraction of sp³-hybridized carbons (Fsp3) is 0.467. The van der Waals surface area contributed by atoms with E-state index in [1.54, 1.807) is 0 Å². The van der Waals surface area contributed by atoms with Gasteiger partial charge in [0.15, 0.2) is 0 Å².